The summed E-state index contributed by atoms with van der Waals surface area (Å²) in [5.74, 6) is 1.19. The van der Waals surface area contributed by atoms with Crippen LogP contribution in [0.3, 0.4) is 0 Å². The number of nitrogens with one attached hydrogen (secondary N) is 1. The van der Waals surface area contributed by atoms with Gasteiger partial charge in [0, 0.05) is 18.7 Å². The molecule has 1 fully saturated rings. The molecule has 1 aromatic heterocycles. The van der Waals surface area contributed by atoms with Gasteiger partial charge in [-0.3, -0.25) is 10.1 Å². The van der Waals surface area contributed by atoms with E-state index in [2.05, 4.69) is 15.5 Å². The fraction of sp³-hybridized carbons (Fsp3) is 0.375. The predicted octanol–water partition coefficient (Wildman–Crippen LogP) is 3.59. The number of benzene rings is 2. The number of carbonyl (C=O) groups is 1. The Bertz CT molecular complexity index is 1320. The van der Waals surface area contributed by atoms with E-state index < -0.39 is 15.9 Å². The number of hydrogen-bond acceptors (Lipinski definition) is 8. The Morgan fingerprint density at radius 1 is 1.03 bits per heavy atom. The van der Waals surface area contributed by atoms with Gasteiger partial charge in [0.05, 0.1) is 11.3 Å². The van der Waals surface area contributed by atoms with Gasteiger partial charge < -0.3 is 13.9 Å². The molecule has 2 aromatic carbocycles. The van der Waals surface area contributed by atoms with Crippen molar-refractivity contribution in [3.05, 3.63) is 59.5 Å². The summed E-state index contributed by atoms with van der Waals surface area (Å²) in [4.78, 5) is 12.8. The zero-order valence-corrected chi connectivity index (χ0v) is 20.1. The standard InChI is InChI=1S/C24H26N4O6S/c1-28(18-5-3-2-4-6-18)35(30,31)19-10-8-17(9-11-19)23(29)25-24-27-26-22(34-24)14-16-7-12-20-21(13-16)33-15-32-20/h7-13,18H,2-6,14-15H2,1H3,(H,25,27,29). The molecule has 1 saturated carbocycles. The van der Waals surface area contributed by atoms with E-state index in [1.54, 1.807) is 7.05 Å². The number of rotatable bonds is 7. The summed E-state index contributed by atoms with van der Waals surface area (Å²) in [6, 6.07) is 11.3. The van der Waals surface area contributed by atoms with Gasteiger partial charge in [-0.15, -0.1) is 5.10 Å². The molecule has 1 N–H and O–H groups in total. The second-order valence-corrected chi connectivity index (χ2v) is 10.7. The van der Waals surface area contributed by atoms with E-state index in [0.29, 0.717) is 23.8 Å². The second kappa shape index (κ2) is 9.67. The third-order valence-electron chi connectivity index (χ3n) is 6.36. The highest BCUT2D eigenvalue weighted by atomic mass is 32.2. The summed E-state index contributed by atoms with van der Waals surface area (Å²) < 4.78 is 43.7. The first-order chi connectivity index (χ1) is 16.9. The molecule has 1 aliphatic heterocycles. The molecule has 2 aliphatic rings. The van der Waals surface area contributed by atoms with Crippen molar-refractivity contribution >= 4 is 21.9 Å². The number of hydrogen-bond donors (Lipinski definition) is 1. The summed E-state index contributed by atoms with van der Waals surface area (Å²) in [5, 5.41) is 10.4. The molecule has 0 unspecified atom stereocenters. The first kappa shape index (κ1) is 23.3. The van der Waals surface area contributed by atoms with Crippen LogP contribution in [0.4, 0.5) is 6.01 Å². The maximum absolute atomic E-state index is 13.0. The van der Waals surface area contributed by atoms with Crippen molar-refractivity contribution in [2.45, 2.75) is 49.5 Å². The van der Waals surface area contributed by atoms with Crippen molar-refractivity contribution in [3.63, 3.8) is 0 Å². The number of nitrogens with zero attached hydrogens (tertiary/aromatic N) is 3. The highest BCUT2D eigenvalue weighted by Crippen LogP contribution is 2.33. The zero-order chi connectivity index (χ0) is 24.4. The van der Waals surface area contributed by atoms with Crippen molar-refractivity contribution in [2.75, 3.05) is 19.2 Å². The lowest BCUT2D eigenvalue weighted by atomic mass is 9.96. The Hall–Kier alpha value is -3.44. The van der Waals surface area contributed by atoms with E-state index in [1.165, 1.54) is 28.6 Å². The molecule has 0 bridgehead atoms. The van der Waals surface area contributed by atoms with Crippen LogP contribution in [-0.4, -0.2) is 48.7 Å². The summed E-state index contributed by atoms with van der Waals surface area (Å²) in [6.07, 6.45) is 5.33. The summed E-state index contributed by atoms with van der Waals surface area (Å²) in [6.45, 7) is 0.194. The Kier molecular flexibility index (Phi) is 6.44. The molecule has 35 heavy (non-hydrogen) atoms. The molecule has 0 radical (unpaired) electrons. The minimum Gasteiger partial charge on any atom is -0.454 e. The molecule has 1 aliphatic carbocycles. The van der Waals surface area contributed by atoms with Crippen LogP contribution < -0.4 is 14.8 Å². The summed E-state index contributed by atoms with van der Waals surface area (Å²) >= 11 is 0. The quantitative estimate of drug-likeness (QED) is 0.524. The highest BCUT2D eigenvalue weighted by Gasteiger charge is 2.29. The van der Waals surface area contributed by atoms with Crippen molar-refractivity contribution in [1.29, 1.82) is 0 Å². The van der Waals surface area contributed by atoms with E-state index >= 15 is 0 Å². The van der Waals surface area contributed by atoms with E-state index in [9.17, 15) is 13.2 Å². The normalized spacial score (nSPS) is 15.9. The molecule has 11 heteroatoms. The highest BCUT2D eigenvalue weighted by molar-refractivity contribution is 7.89. The number of fused-ring (bicyclic) bond motifs is 1. The zero-order valence-electron chi connectivity index (χ0n) is 19.3. The SMILES string of the molecule is CN(C1CCCCC1)S(=O)(=O)c1ccc(C(=O)Nc2nnc(Cc3ccc4c(c3)OCO4)o2)cc1. The van der Waals surface area contributed by atoms with Gasteiger partial charge in [0.2, 0.25) is 22.7 Å². The lowest BCUT2D eigenvalue weighted by Gasteiger charge is -2.30. The molecule has 0 atom stereocenters. The average molecular weight is 499 g/mol. The van der Waals surface area contributed by atoms with Gasteiger partial charge in [-0.05, 0) is 54.8 Å². The van der Waals surface area contributed by atoms with Crippen molar-refractivity contribution in [1.82, 2.24) is 14.5 Å². The first-order valence-corrected chi connectivity index (χ1v) is 12.9. The van der Waals surface area contributed by atoms with Gasteiger partial charge in [-0.1, -0.05) is 30.4 Å². The van der Waals surface area contributed by atoms with Crippen LogP contribution in [0.1, 0.15) is 53.9 Å². The minimum atomic E-state index is -3.63. The van der Waals surface area contributed by atoms with Crippen LogP contribution in [0, 0.1) is 0 Å². The van der Waals surface area contributed by atoms with Gasteiger partial charge >= 0.3 is 6.01 Å². The maximum atomic E-state index is 13.0. The van der Waals surface area contributed by atoms with Crippen LogP contribution in [-0.2, 0) is 16.4 Å². The number of sulfonamides is 1. The number of ether oxygens (including phenoxy) is 2. The molecule has 1 amide bonds. The van der Waals surface area contributed by atoms with Gasteiger partial charge in [-0.25, -0.2) is 8.42 Å². The van der Waals surface area contributed by atoms with Crippen molar-refractivity contribution in [3.8, 4) is 11.5 Å². The topological polar surface area (TPSA) is 124 Å². The lowest BCUT2D eigenvalue weighted by molar-refractivity contribution is 0.102. The molecule has 2 heterocycles. The van der Waals surface area contributed by atoms with E-state index in [1.807, 2.05) is 18.2 Å². The predicted molar refractivity (Wildman–Crippen MR) is 126 cm³/mol. The van der Waals surface area contributed by atoms with Crippen LogP contribution in [0.15, 0.2) is 51.8 Å². The monoisotopic (exact) mass is 498 g/mol. The molecule has 0 spiro atoms. The van der Waals surface area contributed by atoms with Crippen LogP contribution in [0.2, 0.25) is 0 Å². The van der Waals surface area contributed by atoms with Gasteiger partial charge in [0.15, 0.2) is 11.5 Å². The third-order valence-corrected chi connectivity index (χ3v) is 8.29. The summed E-state index contributed by atoms with van der Waals surface area (Å²) in [5.41, 5.74) is 1.17. The van der Waals surface area contributed by atoms with Crippen LogP contribution in [0.25, 0.3) is 0 Å². The number of aromatic nitrogens is 2. The Morgan fingerprint density at radius 3 is 2.54 bits per heavy atom. The van der Waals surface area contributed by atoms with E-state index in [0.717, 1.165) is 37.7 Å². The molecule has 184 valence electrons. The van der Waals surface area contributed by atoms with Gasteiger partial charge in [0.1, 0.15) is 0 Å². The van der Waals surface area contributed by atoms with Crippen molar-refractivity contribution < 1.29 is 27.1 Å². The van der Waals surface area contributed by atoms with Gasteiger partial charge in [-0.2, -0.15) is 4.31 Å². The van der Waals surface area contributed by atoms with Gasteiger partial charge in [0.25, 0.3) is 5.91 Å². The number of anilines is 1. The lowest BCUT2D eigenvalue weighted by Crippen LogP contribution is -2.38. The Balaban J connectivity index is 1.21. The van der Waals surface area contributed by atoms with Crippen LogP contribution >= 0.6 is 0 Å². The number of amides is 1. The fourth-order valence-electron chi connectivity index (χ4n) is 4.36. The van der Waals surface area contributed by atoms with E-state index in [4.69, 9.17) is 13.9 Å². The first-order valence-electron chi connectivity index (χ1n) is 11.5. The average Bonchev–Trinajstić information content (AvgIpc) is 3.53. The van der Waals surface area contributed by atoms with Crippen LogP contribution in [0.5, 0.6) is 11.5 Å². The smallest absolute Gasteiger partial charge is 0.322 e. The van der Waals surface area contributed by atoms with Crippen molar-refractivity contribution in [2.24, 2.45) is 0 Å². The fourth-order valence-corrected chi connectivity index (χ4v) is 5.77. The molecule has 10 nitrogen and oxygen atoms in total. The van der Waals surface area contributed by atoms with E-state index in [-0.39, 0.29) is 29.3 Å². The second-order valence-electron chi connectivity index (χ2n) is 8.66. The molecule has 5 rings (SSSR count). The molecule has 0 saturated heterocycles. The Morgan fingerprint density at radius 2 is 1.77 bits per heavy atom. The largest absolute Gasteiger partial charge is 0.454 e. The third kappa shape index (κ3) is 5.01. The molecule has 3 aromatic rings. The molecular formula is C24H26N4O6S. The maximum Gasteiger partial charge on any atom is 0.322 e. The molecular weight excluding hydrogens is 472 g/mol. The Labute approximate surface area is 203 Å². The minimum absolute atomic E-state index is 0.0149. The number of carbonyl (C=O) groups excluding carboxylic acids is 1. The summed E-state index contributed by atoms with van der Waals surface area (Å²) in [7, 11) is -2.00.